The molecule has 0 N–H and O–H groups in total. The van der Waals surface area contributed by atoms with E-state index in [-0.39, 0.29) is 0 Å². The second-order valence-corrected chi connectivity index (χ2v) is 6.55. The highest BCUT2D eigenvalue weighted by molar-refractivity contribution is 5.73. The predicted molar refractivity (Wildman–Crippen MR) is 84.5 cm³/mol. The minimum atomic E-state index is 0.837. The average molecular weight is 279 g/mol. The zero-order valence-corrected chi connectivity index (χ0v) is 12.6. The maximum Gasteiger partial charge on any atom is 0.181 e. The molecule has 0 bridgehead atoms. The number of aromatic nitrogens is 1. The summed E-state index contributed by atoms with van der Waals surface area (Å²) < 4.78 is 5.40. The van der Waals surface area contributed by atoms with Gasteiger partial charge < -0.3 is 4.42 Å². The highest BCUT2D eigenvalue weighted by Crippen LogP contribution is 2.61. The number of allylic oxidation sites excluding steroid dienone is 2. The standard InChI is InChI=1S/C19H21NO/c1-3-12(2)19-16-8-15(9-17(16)19)13-5-4-6-14(7-13)18-10-20-11-21-18/h4-8,10-12,16-17,19H,3,9H2,1-2H3. The van der Waals surface area contributed by atoms with Crippen molar-refractivity contribution in [2.24, 2.45) is 23.7 Å². The Kier molecular flexibility index (Phi) is 2.99. The summed E-state index contributed by atoms with van der Waals surface area (Å²) in [5.74, 6) is 4.40. The van der Waals surface area contributed by atoms with Crippen molar-refractivity contribution in [2.75, 3.05) is 0 Å². The van der Waals surface area contributed by atoms with Gasteiger partial charge in [0, 0.05) is 5.56 Å². The highest BCUT2D eigenvalue weighted by atomic mass is 16.3. The van der Waals surface area contributed by atoms with Crippen molar-refractivity contribution in [2.45, 2.75) is 26.7 Å². The Morgan fingerprint density at radius 1 is 1.33 bits per heavy atom. The summed E-state index contributed by atoms with van der Waals surface area (Å²) in [7, 11) is 0. The van der Waals surface area contributed by atoms with Gasteiger partial charge in [0.05, 0.1) is 6.20 Å². The predicted octanol–water partition coefficient (Wildman–Crippen LogP) is 5.04. The molecule has 1 aromatic heterocycles. The van der Waals surface area contributed by atoms with Crippen LogP contribution in [0.2, 0.25) is 0 Å². The van der Waals surface area contributed by atoms with Gasteiger partial charge >= 0.3 is 0 Å². The summed E-state index contributed by atoms with van der Waals surface area (Å²) in [6.45, 7) is 4.71. The molecule has 108 valence electrons. The van der Waals surface area contributed by atoms with Crippen molar-refractivity contribution in [3.63, 3.8) is 0 Å². The molecule has 4 atom stereocenters. The molecule has 4 rings (SSSR count). The molecule has 2 heteroatoms. The molecule has 2 aromatic rings. The Balaban J connectivity index is 1.57. The fourth-order valence-electron chi connectivity index (χ4n) is 4.01. The third-order valence-corrected chi connectivity index (χ3v) is 5.39. The van der Waals surface area contributed by atoms with Gasteiger partial charge in [-0.1, -0.05) is 44.5 Å². The van der Waals surface area contributed by atoms with Crippen LogP contribution in [-0.2, 0) is 0 Å². The van der Waals surface area contributed by atoms with E-state index in [1.807, 2.05) is 0 Å². The van der Waals surface area contributed by atoms with Crippen molar-refractivity contribution in [3.8, 4) is 11.3 Å². The number of rotatable bonds is 4. The summed E-state index contributed by atoms with van der Waals surface area (Å²) >= 11 is 0. The molecule has 1 saturated carbocycles. The number of hydrogen-bond donors (Lipinski definition) is 0. The van der Waals surface area contributed by atoms with E-state index in [9.17, 15) is 0 Å². The Morgan fingerprint density at radius 2 is 2.19 bits per heavy atom. The van der Waals surface area contributed by atoms with Gasteiger partial charge in [-0.25, -0.2) is 4.98 Å². The quantitative estimate of drug-likeness (QED) is 0.784. The minimum absolute atomic E-state index is 0.837. The first kappa shape index (κ1) is 12.9. The third-order valence-electron chi connectivity index (χ3n) is 5.39. The van der Waals surface area contributed by atoms with Gasteiger partial charge in [-0.3, -0.25) is 0 Å². The van der Waals surface area contributed by atoms with Crippen molar-refractivity contribution in [1.29, 1.82) is 0 Å². The number of hydrogen-bond acceptors (Lipinski definition) is 2. The van der Waals surface area contributed by atoms with E-state index in [1.165, 1.54) is 30.4 Å². The summed E-state index contributed by atoms with van der Waals surface area (Å²) in [6.07, 6.45) is 8.35. The zero-order valence-electron chi connectivity index (χ0n) is 12.6. The van der Waals surface area contributed by atoms with Gasteiger partial charge in [-0.2, -0.15) is 0 Å². The van der Waals surface area contributed by atoms with Gasteiger partial charge in [-0.15, -0.1) is 0 Å². The first-order valence-electron chi connectivity index (χ1n) is 7.98. The highest BCUT2D eigenvalue weighted by Gasteiger charge is 2.53. The molecule has 0 spiro atoms. The van der Waals surface area contributed by atoms with Gasteiger partial charge in [-0.05, 0) is 47.3 Å². The summed E-state index contributed by atoms with van der Waals surface area (Å²) in [5, 5.41) is 0. The van der Waals surface area contributed by atoms with Crippen LogP contribution in [-0.4, -0.2) is 4.98 Å². The van der Waals surface area contributed by atoms with Crippen LogP contribution < -0.4 is 0 Å². The van der Waals surface area contributed by atoms with Crippen LogP contribution in [0.3, 0.4) is 0 Å². The van der Waals surface area contributed by atoms with Gasteiger partial charge in [0.15, 0.2) is 12.2 Å². The molecule has 0 saturated heterocycles. The van der Waals surface area contributed by atoms with Crippen LogP contribution in [0, 0.1) is 23.7 Å². The Morgan fingerprint density at radius 3 is 2.86 bits per heavy atom. The minimum Gasteiger partial charge on any atom is -0.444 e. The lowest BCUT2D eigenvalue weighted by Gasteiger charge is -2.12. The van der Waals surface area contributed by atoms with Crippen LogP contribution in [0.15, 0.2) is 47.3 Å². The molecule has 2 aliphatic carbocycles. The molecule has 21 heavy (non-hydrogen) atoms. The normalized spacial score (nSPS) is 28.1. The molecule has 1 fully saturated rings. The van der Waals surface area contributed by atoms with Crippen molar-refractivity contribution in [1.82, 2.24) is 4.98 Å². The maximum absolute atomic E-state index is 5.40. The van der Waals surface area contributed by atoms with Gasteiger partial charge in [0.25, 0.3) is 0 Å². The monoisotopic (exact) mass is 279 g/mol. The molecule has 1 heterocycles. The van der Waals surface area contributed by atoms with E-state index >= 15 is 0 Å². The molecular weight excluding hydrogens is 258 g/mol. The number of benzene rings is 1. The lowest BCUT2D eigenvalue weighted by molar-refractivity contribution is 0.452. The summed E-state index contributed by atoms with van der Waals surface area (Å²) in [4.78, 5) is 4.00. The van der Waals surface area contributed by atoms with Crippen LogP contribution in [0.5, 0.6) is 0 Å². The van der Waals surface area contributed by atoms with Crippen molar-refractivity contribution >= 4 is 5.57 Å². The number of fused-ring (bicyclic) bond motifs is 1. The SMILES string of the molecule is CCC(C)C1C2C=C(c3cccc(-c4cnco4)c3)CC21. The zero-order chi connectivity index (χ0) is 14.4. The van der Waals surface area contributed by atoms with E-state index in [2.05, 4.69) is 49.2 Å². The summed E-state index contributed by atoms with van der Waals surface area (Å²) in [6, 6.07) is 8.65. The fraction of sp³-hybridized carbons (Fsp3) is 0.421. The third kappa shape index (κ3) is 2.14. The van der Waals surface area contributed by atoms with Crippen LogP contribution in [0.1, 0.15) is 32.3 Å². The molecule has 2 nitrogen and oxygen atoms in total. The average Bonchev–Trinajstić information content (AvgIpc) is 2.96. The van der Waals surface area contributed by atoms with E-state index in [0.717, 1.165) is 35.0 Å². The van der Waals surface area contributed by atoms with Crippen molar-refractivity contribution < 1.29 is 4.42 Å². The van der Waals surface area contributed by atoms with E-state index in [4.69, 9.17) is 4.42 Å². The molecule has 0 radical (unpaired) electrons. The lowest BCUT2D eigenvalue weighted by atomic mass is 9.93. The Hall–Kier alpha value is -1.83. The Labute approximate surface area is 125 Å². The molecule has 1 aromatic carbocycles. The molecular formula is C19H21NO. The van der Waals surface area contributed by atoms with Gasteiger partial charge in [0.2, 0.25) is 0 Å². The van der Waals surface area contributed by atoms with E-state index < -0.39 is 0 Å². The van der Waals surface area contributed by atoms with Crippen LogP contribution >= 0.6 is 0 Å². The second-order valence-electron chi connectivity index (χ2n) is 6.55. The second kappa shape index (κ2) is 4.87. The molecule has 4 unspecified atom stereocenters. The van der Waals surface area contributed by atoms with E-state index in [0.29, 0.717) is 0 Å². The van der Waals surface area contributed by atoms with E-state index in [1.54, 1.807) is 6.20 Å². The lowest BCUT2D eigenvalue weighted by Crippen LogP contribution is -2.00. The van der Waals surface area contributed by atoms with Crippen molar-refractivity contribution in [3.05, 3.63) is 48.5 Å². The largest absolute Gasteiger partial charge is 0.444 e. The Bertz CT molecular complexity index is 671. The van der Waals surface area contributed by atoms with Crippen LogP contribution in [0.4, 0.5) is 0 Å². The van der Waals surface area contributed by atoms with Gasteiger partial charge in [0.1, 0.15) is 0 Å². The first-order valence-corrected chi connectivity index (χ1v) is 7.98. The fourth-order valence-corrected chi connectivity index (χ4v) is 4.01. The smallest absolute Gasteiger partial charge is 0.181 e. The number of oxazole rings is 1. The maximum atomic E-state index is 5.40. The molecule has 0 aliphatic heterocycles. The summed E-state index contributed by atoms with van der Waals surface area (Å²) in [5.41, 5.74) is 3.98. The van der Waals surface area contributed by atoms with Crippen LogP contribution in [0.25, 0.3) is 16.9 Å². The molecule has 2 aliphatic rings. The topological polar surface area (TPSA) is 26.0 Å². The first-order chi connectivity index (χ1) is 10.3. The number of nitrogens with zero attached hydrogens (tertiary/aromatic N) is 1. The molecule has 0 amide bonds.